The van der Waals surface area contributed by atoms with Gasteiger partial charge in [0.25, 0.3) is 5.56 Å². The molecule has 8 nitrogen and oxygen atoms in total. The highest BCUT2D eigenvalue weighted by Crippen LogP contribution is 2.21. The lowest BCUT2D eigenvalue weighted by molar-refractivity contribution is -0.130. The largest absolute Gasteiger partial charge is 0.497 e. The summed E-state index contributed by atoms with van der Waals surface area (Å²) in [5.41, 5.74) is 2.96. The molecule has 0 atom stereocenters. The van der Waals surface area contributed by atoms with Crippen LogP contribution in [-0.2, 0) is 11.2 Å². The van der Waals surface area contributed by atoms with E-state index in [0.29, 0.717) is 36.5 Å². The van der Waals surface area contributed by atoms with Gasteiger partial charge in [0.1, 0.15) is 11.6 Å². The second-order valence-electron chi connectivity index (χ2n) is 8.13. The number of amides is 1. The van der Waals surface area contributed by atoms with E-state index in [2.05, 4.69) is 19.9 Å². The van der Waals surface area contributed by atoms with Gasteiger partial charge in [-0.25, -0.2) is 4.98 Å². The lowest BCUT2D eigenvalue weighted by Crippen LogP contribution is -2.35. The van der Waals surface area contributed by atoms with Gasteiger partial charge >= 0.3 is 0 Å². The number of anilines is 1. The molecule has 3 heterocycles. The molecule has 0 saturated carbocycles. The normalized spacial score (nSPS) is 14.1. The Hall–Kier alpha value is -3.68. The van der Waals surface area contributed by atoms with Crippen LogP contribution in [0.5, 0.6) is 5.75 Å². The zero-order valence-electron chi connectivity index (χ0n) is 19.1. The van der Waals surface area contributed by atoms with Gasteiger partial charge in [0, 0.05) is 67.5 Å². The summed E-state index contributed by atoms with van der Waals surface area (Å²) < 4.78 is 5.24. The third-order valence-electron chi connectivity index (χ3n) is 6.05. The lowest BCUT2D eigenvalue weighted by atomic mass is 10.1. The smallest absolute Gasteiger partial charge is 0.254 e. The van der Waals surface area contributed by atoms with Gasteiger partial charge in [-0.15, -0.1) is 0 Å². The zero-order chi connectivity index (χ0) is 23.2. The monoisotopic (exact) mass is 447 g/mol. The number of pyridine rings is 1. The van der Waals surface area contributed by atoms with E-state index in [0.717, 1.165) is 43.1 Å². The maximum atomic E-state index is 12.9. The molecule has 1 aliphatic heterocycles. The Balaban J connectivity index is 1.36. The van der Waals surface area contributed by atoms with E-state index >= 15 is 0 Å². The predicted octanol–water partition coefficient (Wildman–Crippen LogP) is 2.82. The standard InChI is InChI=1S/C25H29N5O3/c1-18-22(25(32)28-24(27-18)19-10-12-26-13-11-19)8-9-23(31)30-15-3-14-29(16-17-30)20-4-6-21(33-2)7-5-20/h4-7,10-13H,3,8-9,14-17H2,1-2H3,(H,27,28,32). The molecule has 4 rings (SSSR count). The summed E-state index contributed by atoms with van der Waals surface area (Å²) in [6.45, 7) is 4.88. The van der Waals surface area contributed by atoms with Crippen molar-refractivity contribution in [2.24, 2.45) is 0 Å². The van der Waals surface area contributed by atoms with Crippen LogP contribution in [0.2, 0.25) is 0 Å². The van der Waals surface area contributed by atoms with Crippen molar-refractivity contribution >= 4 is 11.6 Å². The number of benzene rings is 1. The van der Waals surface area contributed by atoms with Crippen LogP contribution in [-0.4, -0.2) is 59.0 Å². The van der Waals surface area contributed by atoms with E-state index in [4.69, 9.17) is 4.74 Å². The third-order valence-corrected chi connectivity index (χ3v) is 6.05. The quantitative estimate of drug-likeness (QED) is 0.625. The molecular weight excluding hydrogens is 418 g/mol. The van der Waals surface area contributed by atoms with E-state index in [-0.39, 0.29) is 11.5 Å². The highest BCUT2D eigenvalue weighted by molar-refractivity contribution is 5.76. The average molecular weight is 448 g/mol. The molecule has 3 aromatic rings. The first-order chi connectivity index (χ1) is 16.0. The molecule has 172 valence electrons. The number of methoxy groups -OCH3 is 1. The van der Waals surface area contributed by atoms with Crippen molar-refractivity contribution in [3.05, 3.63) is 70.4 Å². The molecule has 1 aliphatic rings. The number of ether oxygens (including phenoxy) is 1. The molecule has 0 bridgehead atoms. The van der Waals surface area contributed by atoms with Crippen molar-refractivity contribution in [2.45, 2.75) is 26.2 Å². The minimum atomic E-state index is -0.191. The van der Waals surface area contributed by atoms with E-state index in [1.165, 1.54) is 0 Å². The number of rotatable bonds is 6. The van der Waals surface area contributed by atoms with Crippen molar-refractivity contribution < 1.29 is 9.53 Å². The fourth-order valence-electron chi connectivity index (χ4n) is 4.16. The van der Waals surface area contributed by atoms with E-state index < -0.39 is 0 Å². The Morgan fingerprint density at radius 3 is 2.52 bits per heavy atom. The number of nitrogens with zero attached hydrogens (tertiary/aromatic N) is 4. The molecule has 33 heavy (non-hydrogen) atoms. The van der Waals surface area contributed by atoms with Crippen LogP contribution in [0.3, 0.4) is 0 Å². The number of hydrogen-bond acceptors (Lipinski definition) is 6. The molecule has 1 N–H and O–H groups in total. The second-order valence-corrected chi connectivity index (χ2v) is 8.13. The minimum absolute atomic E-state index is 0.0728. The van der Waals surface area contributed by atoms with Crippen LogP contribution < -0.4 is 15.2 Å². The van der Waals surface area contributed by atoms with Crippen LogP contribution in [0.15, 0.2) is 53.6 Å². The van der Waals surface area contributed by atoms with Gasteiger partial charge in [-0.2, -0.15) is 0 Å². The zero-order valence-corrected chi connectivity index (χ0v) is 19.1. The predicted molar refractivity (Wildman–Crippen MR) is 128 cm³/mol. The third kappa shape index (κ3) is 5.39. The topological polar surface area (TPSA) is 91.4 Å². The maximum Gasteiger partial charge on any atom is 0.254 e. The van der Waals surface area contributed by atoms with Crippen molar-refractivity contribution in [3.63, 3.8) is 0 Å². The van der Waals surface area contributed by atoms with Crippen LogP contribution in [0.1, 0.15) is 24.1 Å². The minimum Gasteiger partial charge on any atom is -0.497 e. The highest BCUT2D eigenvalue weighted by Gasteiger charge is 2.20. The number of aromatic nitrogens is 3. The van der Waals surface area contributed by atoms with Crippen molar-refractivity contribution in [2.75, 3.05) is 38.2 Å². The Morgan fingerprint density at radius 2 is 1.82 bits per heavy atom. The van der Waals surface area contributed by atoms with Gasteiger partial charge < -0.3 is 19.5 Å². The van der Waals surface area contributed by atoms with E-state index in [1.54, 1.807) is 31.6 Å². The molecule has 0 aliphatic carbocycles. The molecule has 0 radical (unpaired) electrons. The van der Waals surface area contributed by atoms with Crippen LogP contribution >= 0.6 is 0 Å². The van der Waals surface area contributed by atoms with Crippen molar-refractivity contribution in [1.29, 1.82) is 0 Å². The first-order valence-corrected chi connectivity index (χ1v) is 11.2. The van der Waals surface area contributed by atoms with Crippen molar-refractivity contribution in [1.82, 2.24) is 19.9 Å². The van der Waals surface area contributed by atoms with E-state index in [9.17, 15) is 9.59 Å². The lowest BCUT2D eigenvalue weighted by Gasteiger charge is -2.24. The Kier molecular flexibility index (Phi) is 7.02. The van der Waals surface area contributed by atoms with Gasteiger partial charge in [0.15, 0.2) is 0 Å². The van der Waals surface area contributed by atoms with Crippen LogP contribution in [0, 0.1) is 6.92 Å². The summed E-state index contributed by atoms with van der Waals surface area (Å²) in [4.78, 5) is 41.2. The molecule has 1 fully saturated rings. The SMILES string of the molecule is COc1ccc(N2CCCN(C(=O)CCc3c(C)nc(-c4ccncc4)[nH]c3=O)CC2)cc1. The summed E-state index contributed by atoms with van der Waals surface area (Å²) in [7, 11) is 1.66. The highest BCUT2D eigenvalue weighted by atomic mass is 16.5. The van der Waals surface area contributed by atoms with Crippen LogP contribution in [0.4, 0.5) is 5.69 Å². The molecule has 1 saturated heterocycles. The molecule has 1 aromatic carbocycles. The summed E-state index contributed by atoms with van der Waals surface area (Å²) >= 11 is 0. The maximum absolute atomic E-state index is 12.9. The molecule has 2 aromatic heterocycles. The number of aromatic amines is 1. The number of carbonyl (C=O) groups excluding carboxylic acids is 1. The first kappa shape index (κ1) is 22.5. The number of carbonyl (C=O) groups is 1. The second kappa shape index (κ2) is 10.3. The number of aryl methyl sites for hydroxylation is 1. The Labute approximate surface area is 193 Å². The van der Waals surface area contributed by atoms with Gasteiger partial charge in [0.05, 0.1) is 7.11 Å². The number of hydrogen-bond donors (Lipinski definition) is 1. The first-order valence-electron chi connectivity index (χ1n) is 11.2. The molecule has 0 spiro atoms. The Bertz CT molecular complexity index is 1140. The Morgan fingerprint density at radius 1 is 1.06 bits per heavy atom. The fourth-order valence-corrected chi connectivity index (χ4v) is 4.16. The summed E-state index contributed by atoms with van der Waals surface area (Å²) in [5.74, 6) is 1.42. The van der Waals surface area contributed by atoms with E-state index in [1.807, 2.05) is 36.1 Å². The summed E-state index contributed by atoms with van der Waals surface area (Å²) in [6, 6.07) is 11.6. The molecule has 1 amide bonds. The molecular formula is C25H29N5O3. The van der Waals surface area contributed by atoms with Crippen molar-refractivity contribution in [3.8, 4) is 17.1 Å². The molecule has 8 heteroatoms. The number of nitrogens with one attached hydrogen (secondary N) is 1. The van der Waals surface area contributed by atoms with Gasteiger partial charge in [-0.3, -0.25) is 14.6 Å². The van der Waals surface area contributed by atoms with Gasteiger partial charge in [0.2, 0.25) is 5.91 Å². The summed E-state index contributed by atoms with van der Waals surface area (Å²) in [5, 5.41) is 0. The van der Waals surface area contributed by atoms with Gasteiger partial charge in [-0.05, 0) is 56.2 Å². The number of H-pyrrole nitrogens is 1. The average Bonchev–Trinajstić information content (AvgIpc) is 3.10. The molecule has 0 unspecified atom stereocenters. The fraction of sp³-hybridized carbons (Fsp3) is 0.360. The summed E-state index contributed by atoms with van der Waals surface area (Å²) in [6.07, 6.45) is 4.90. The van der Waals surface area contributed by atoms with Gasteiger partial charge in [-0.1, -0.05) is 0 Å². The van der Waals surface area contributed by atoms with Crippen LogP contribution in [0.25, 0.3) is 11.4 Å².